The number of rotatable bonds is 12. The molecule has 4 N–H and O–H groups in total. The molecule has 2 aromatic carbocycles. The van der Waals surface area contributed by atoms with Crippen LogP contribution < -0.4 is 10.6 Å². The summed E-state index contributed by atoms with van der Waals surface area (Å²) in [6.45, 7) is 0. The number of benzene rings is 2. The Bertz CT molecular complexity index is 1890. The molecular formula is C38H41Cl2FN4O6S2. The van der Waals surface area contributed by atoms with E-state index in [1.165, 1.54) is 35.2 Å². The molecule has 0 bridgehead atoms. The molecule has 2 heterocycles. The Morgan fingerprint density at radius 1 is 0.698 bits per heavy atom. The highest BCUT2D eigenvalue weighted by Gasteiger charge is 2.30. The molecule has 282 valence electrons. The summed E-state index contributed by atoms with van der Waals surface area (Å²) in [5, 5.41) is 29.2. The van der Waals surface area contributed by atoms with Crippen molar-refractivity contribution in [1.29, 1.82) is 0 Å². The maximum absolute atomic E-state index is 13.9. The summed E-state index contributed by atoms with van der Waals surface area (Å²) in [7, 11) is 0. The van der Waals surface area contributed by atoms with Crippen LogP contribution in [0.4, 0.5) is 4.39 Å². The minimum atomic E-state index is -0.925. The highest BCUT2D eigenvalue weighted by Crippen LogP contribution is 2.35. The summed E-state index contributed by atoms with van der Waals surface area (Å²) >= 11 is 14.8. The molecule has 2 atom stereocenters. The van der Waals surface area contributed by atoms with E-state index in [9.17, 15) is 33.8 Å². The number of hydrogen-bond donors (Lipinski definition) is 4. The quantitative estimate of drug-likeness (QED) is 0.110. The van der Waals surface area contributed by atoms with Gasteiger partial charge in [0.2, 0.25) is 0 Å². The van der Waals surface area contributed by atoms with Crippen LogP contribution in [0.15, 0.2) is 53.2 Å². The van der Waals surface area contributed by atoms with E-state index in [0.717, 1.165) is 57.8 Å². The lowest BCUT2D eigenvalue weighted by Gasteiger charge is -2.29. The van der Waals surface area contributed by atoms with Crippen molar-refractivity contribution >= 4 is 69.6 Å². The highest BCUT2D eigenvalue weighted by atomic mass is 35.5. The molecule has 2 aromatic heterocycles. The average molecular weight is 804 g/mol. The van der Waals surface area contributed by atoms with Crippen molar-refractivity contribution in [2.75, 3.05) is 0 Å². The molecular weight excluding hydrogens is 762 g/mol. The van der Waals surface area contributed by atoms with Gasteiger partial charge in [-0.15, -0.1) is 22.7 Å². The van der Waals surface area contributed by atoms with Crippen LogP contribution in [0.5, 0.6) is 0 Å². The fourth-order valence-electron chi connectivity index (χ4n) is 6.91. The smallest absolute Gasteiger partial charge is 0.305 e. The number of aliphatic carboxylic acids is 2. The lowest BCUT2D eigenvalue weighted by molar-refractivity contribution is -0.139. The standard InChI is InChI=1S/C19H20Cl2N2O3S.C19H21FN2O3S/c20-13-8-4-7-12(17(13)21)19-23-15(10-27-19)18(26)22-14(9-16(24)25)11-5-2-1-3-6-11;20-14-9-5-4-8-13(14)19-22-16(11-26-19)18(25)21-15(10-17(23)24)12-6-2-1-3-7-12/h4,7-8,10-11,14H,1-3,5-6,9H2,(H,22,26)(H,24,25);4-5,8-9,11-12,15H,1-3,6-7,10H2,(H,21,25)(H,23,24). The number of carbonyl (C=O) groups excluding carboxylic acids is 2. The third kappa shape index (κ3) is 11.3. The first-order valence-corrected chi connectivity index (χ1v) is 20.2. The Kier molecular flexibility index (Phi) is 14.8. The SMILES string of the molecule is O=C(O)CC(NC(=O)c1csc(-c2cccc(Cl)c2Cl)n1)C1CCCCC1.O=C(O)CC(NC(=O)c1csc(-c2ccccc2F)n1)C1CCCCC1. The van der Waals surface area contributed by atoms with Crippen molar-refractivity contribution < 1.29 is 33.8 Å². The average Bonchev–Trinajstić information content (AvgIpc) is 3.85. The third-order valence-corrected chi connectivity index (χ3v) is 12.2. The number of carboxylic acids is 2. The largest absolute Gasteiger partial charge is 0.481 e. The molecule has 2 unspecified atom stereocenters. The summed E-state index contributed by atoms with van der Waals surface area (Å²) in [4.78, 5) is 56.3. The predicted molar refractivity (Wildman–Crippen MR) is 205 cm³/mol. The van der Waals surface area contributed by atoms with Gasteiger partial charge in [-0.05, 0) is 55.7 Å². The number of nitrogens with one attached hydrogen (secondary N) is 2. The summed E-state index contributed by atoms with van der Waals surface area (Å²) in [5.74, 6) is -2.61. The first kappa shape index (κ1) is 40.3. The van der Waals surface area contributed by atoms with Crippen LogP contribution in [-0.2, 0) is 9.59 Å². The van der Waals surface area contributed by atoms with Gasteiger partial charge in [-0.25, -0.2) is 14.4 Å². The van der Waals surface area contributed by atoms with E-state index in [1.54, 1.807) is 47.2 Å². The maximum atomic E-state index is 13.9. The molecule has 2 aliphatic carbocycles. The second kappa shape index (κ2) is 19.4. The number of nitrogens with zero attached hydrogens (tertiary/aromatic N) is 2. The molecule has 4 aromatic rings. The van der Waals surface area contributed by atoms with E-state index in [4.69, 9.17) is 23.2 Å². The maximum Gasteiger partial charge on any atom is 0.305 e. The van der Waals surface area contributed by atoms with E-state index in [2.05, 4.69) is 20.6 Å². The van der Waals surface area contributed by atoms with Gasteiger partial charge >= 0.3 is 11.9 Å². The van der Waals surface area contributed by atoms with Crippen molar-refractivity contribution in [2.45, 2.75) is 89.1 Å². The highest BCUT2D eigenvalue weighted by molar-refractivity contribution is 7.13. The molecule has 0 spiro atoms. The summed E-state index contributed by atoms with van der Waals surface area (Å²) < 4.78 is 13.9. The van der Waals surface area contributed by atoms with Crippen LogP contribution in [0.3, 0.4) is 0 Å². The third-order valence-electron chi connectivity index (χ3n) is 9.62. The second-order valence-electron chi connectivity index (χ2n) is 13.3. The van der Waals surface area contributed by atoms with Crippen LogP contribution in [0.2, 0.25) is 10.0 Å². The van der Waals surface area contributed by atoms with Crippen LogP contribution in [-0.4, -0.2) is 56.0 Å². The predicted octanol–water partition coefficient (Wildman–Crippen LogP) is 9.37. The monoisotopic (exact) mass is 802 g/mol. The number of thiazole rings is 2. The summed E-state index contributed by atoms with van der Waals surface area (Å²) in [6, 6.07) is 10.8. The minimum absolute atomic E-state index is 0.0759. The molecule has 0 aliphatic heterocycles. The Labute approximate surface area is 325 Å². The Morgan fingerprint density at radius 2 is 1.15 bits per heavy atom. The number of carbonyl (C=O) groups is 4. The topological polar surface area (TPSA) is 159 Å². The second-order valence-corrected chi connectivity index (χ2v) is 15.8. The van der Waals surface area contributed by atoms with Crippen LogP contribution in [0.25, 0.3) is 21.1 Å². The number of carboxylic acid groups (broad SMARTS) is 2. The van der Waals surface area contributed by atoms with Crippen molar-refractivity contribution in [3.05, 3.63) is 80.5 Å². The molecule has 2 aliphatic rings. The van der Waals surface area contributed by atoms with E-state index in [1.807, 2.05) is 0 Å². The first-order chi connectivity index (χ1) is 25.5. The van der Waals surface area contributed by atoms with Crippen molar-refractivity contribution in [1.82, 2.24) is 20.6 Å². The number of hydrogen-bond acceptors (Lipinski definition) is 8. The molecule has 53 heavy (non-hydrogen) atoms. The van der Waals surface area contributed by atoms with Gasteiger partial charge in [0.15, 0.2) is 0 Å². The molecule has 2 saturated carbocycles. The van der Waals surface area contributed by atoms with Gasteiger partial charge in [-0.2, -0.15) is 0 Å². The van der Waals surface area contributed by atoms with Gasteiger partial charge < -0.3 is 20.8 Å². The Balaban J connectivity index is 0.000000204. The number of aromatic nitrogens is 2. The van der Waals surface area contributed by atoms with E-state index >= 15 is 0 Å². The van der Waals surface area contributed by atoms with Gasteiger partial charge in [-0.1, -0.05) is 86.0 Å². The van der Waals surface area contributed by atoms with Gasteiger partial charge in [0.25, 0.3) is 11.8 Å². The number of halogens is 3. The van der Waals surface area contributed by atoms with E-state index in [0.29, 0.717) is 31.2 Å². The molecule has 2 fully saturated rings. The fourth-order valence-corrected chi connectivity index (χ4v) is 9.02. The van der Waals surface area contributed by atoms with Crippen molar-refractivity contribution in [2.24, 2.45) is 11.8 Å². The Hall–Kier alpha value is -3.91. The van der Waals surface area contributed by atoms with Gasteiger partial charge in [0, 0.05) is 34.0 Å². The van der Waals surface area contributed by atoms with Crippen LogP contribution in [0.1, 0.15) is 98.0 Å². The lowest BCUT2D eigenvalue weighted by Crippen LogP contribution is -2.42. The molecule has 6 rings (SSSR count). The van der Waals surface area contributed by atoms with Crippen molar-refractivity contribution in [3.8, 4) is 21.1 Å². The van der Waals surface area contributed by atoms with E-state index in [-0.39, 0.29) is 53.8 Å². The van der Waals surface area contributed by atoms with Crippen LogP contribution >= 0.6 is 45.9 Å². The number of amides is 2. The van der Waals surface area contributed by atoms with E-state index < -0.39 is 23.9 Å². The zero-order chi connectivity index (χ0) is 37.9. The normalized spacial score (nSPS) is 16.1. The molecule has 15 heteroatoms. The summed E-state index contributed by atoms with van der Waals surface area (Å²) in [6.07, 6.45) is 10.2. The molecule has 0 saturated heterocycles. The van der Waals surface area contributed by atoms with Crippen molar-refractivity contribution in [3.63, 3.8) is 0 Å². The van der Waals surface area contributed by atoms with Gasteiger partial charge in [-0.3, -0.25) is 19.2 Å². The minimum Gasteiger partial charge on any atom is -0.481 e. The molecule has 2 amide bonds. The van der Waals surface area contributed by atoms with Gasteiger partial charge in [0.1, 0.15) is 27.2 Å². The molecule has 10 nitrogen and oxygen atoms in total. The van der Waals surface area contributed by atoms with Gasteiger partial charge in [0.05, 0.1) is 22.9 Å². The summed E-state index contributed by atoms with van der Waals surface area (Å²) in [5.41, 5.74) is 1.48. The zero-order valence-electron chi connectivity index (χ0n) is 28.9. The van der Waals surface area contributed by atoms with Crippen LogP contribution in [0, 0.1) is 17.7 Å². The Morgan fingerprint density at radius 3 is 1.62 bits per heavy atom. The molecule has 0 radical (unpaired) electrons. The lowest BCUT2D eigenvalue weighted by atomic mass is 9.82. The zero-order valence-corrected chi connectivity index (χ0v) is 32.0. The fraction of sp³-hybridized carbons (Fsp3) is 0.421. The first-order valence-electron chi connectivity index (χ1n) is 17.7.